The van der Waals surface area contributed by atoms with E-state index in [1.165, 1.54) is 12.1 Å². The highest BCUT2D eigenvalue weighted by Crippen LogP contribution is 2.30. The first-order valence-corrected chi connectivity index (χ1v) is 3.99. The van der Waals surface area contributed by atoms with Crippen molar-refractivity contribution in [3.8, 4) is 0 Å². The first-order chi connectivity index (χ1) is 6.54. The number of hydrogen-bond donors (Lipinski definition) is 1. The third kappa shape index (κ3) is 2.92. The standard InChI is InChI=1S/C9H9F3NO/c10-9(11,12)7-2-1-3-8(6-7)13-4-5-14/h1-3,6,14H,4-5H2. The Bertz CT molecular complexity index is 298. The van der Waals surface area contributed by atoms with E-state index in [4.69, 9.17) is 5.11 Å². The van der Waals surface area contributed by atoms with Gasteiger partial charge in [-0.15, -0.1) is 0 Å². The summed E-state index contributed by atoms with van der Waals surface area (Å²) in [5.74, 6) is 0. The Balaban J connectivity index is 2.79. The molecule has 0 amide bonds. The molecule has 1 radical (unpaired) electrons. The highest BCUT2D eigenvalue weighted by molar-refractivity contribution is 5.40. The lowest BCUT2D eigenvalue weighted by molar-refractivity contribution is -0.137. The first-order valence-electron chi connectivity index (χ1n) is 3.99. The van der Waals surface area contributed by atoms with Crippen molar-refractivity contribution < 1.29 is 18.3 Å². The normalized spacial score (nSPS) is 11.4. The molecule has 5 heteroatoms. The minimum absolute atomic E-state index is 0.112. The summed E-state index contributed by atoms with van der Waals surface area (Å²) < 4.78 is 36.6. The molecule has 77 valence electrons. The van der Waals surface area contributed by atoms with Crippen molar-refractivity contribution in [3.05, 3.63) is 29.8 Å². The largest absolute Gasteiger partial charge is 0.416 e. The minimum Gasteiger partial charge on any atom is -0.394 e. The van der Waals surface area contributed by atoms with Crippen LogP contribution >= 0.6 is 0 Å². The predicted molar refractivity (Wildman–Crippen MR) is 45.2 cm³/mol. The van der Waals surface area contributed by atoms with Crippen molar-refractivity contribution in [3.63, 3.8) is 0 Å². The molecular formula is C9H9F3NO. The average molecular weight is 204 g/mol. The summed E-state index contributed by atoms with van der Waals surface area (Å²) in [6, 6.07) is 4.69. The van der Waals surface area contributed by atoms with Crippen molar-refractivity contribution in [2.75, 3.05) is 13.2 Å². The molecule has 2 nitrogen and oxygen atoms in total. The zero-order valence-electron chi connectivity index (χ0n) is 7.25. The van der Waals surface area contributed by atoms with Gasteiger partial charge in [-0.05, 0) is 18.2 Å². The van der Waals surface area contributed by atoms with Crippen LogP contribution in [-0.4, -0.2) is 18.3 Å². The van der Waals surface area contributed by atoms with Crippen LogP contribution in [-0.2, 0) is 6.18 Å². The zero-order chi connectivity index (χ0) is 10.6. The van der Waals surface area contributed by atoms with Gasteiger partial charge in [-0.25, -0.2) is 0 Å². The molecule has 0 bridgehead atoms. The molecule has 0 aliphatic heterocycles. The molecule has 0 spiro atoms. The summed E-state index contributed by atoms with van der Waals surface area (Å²) in [4.78, 5) is 0. The van der Waals surface area contributed by atoms with Crippen LogP contribution in [0.4, 0.5) is 18.9 Å². The van der Waals surface area contributed by atoms with Crippen molar-refractivity contribution in [2.24, 2.45) is 0 Å². The van der Waals surface area contributed by atoms with Crippen LogP contribution < -0.4 is 5.32 Å². The monoisotopic (exact) mass is 204 g/mol. The maximum absolute atomic E-state index is 12.2. The third-order valence-electron chi connectivity index (χ3n) is 1.57. The fourth-order valence-corrected chi connectivity index (χ4v) is 0.960. The van der Waals surface area contributed by atoms with E-state index in [2.05, 4.69) is 5.32 Å². The van der Waals surface area contributed by atoms with Crippen LogP contribution in [0.15, 0.2) is 24.3 Å². The molecule has 0 unspecified atom stereocenters. The summed E-state index contributed by atoms with van der Waals surface area (Å²) in [5, 5.41) is 12.2. The number of rotatable bonds is 3. The summed E-state index contributed by atoms with van der Waals surface area (Å²) in [5.41, 5.74) is -0.495. The van der Waals surface area contributed by atoms with Gasteiger partial charge in [-0.2, -0.15) is 13.2 Å². The summed E-state index contributed by atoms with van der Waals surface area (Å²) in [7, 11) is 0. The van der Waals surface area contributed by atoms with Gasteiger partial charge in [-0.1, -0.05) is 6.07 Å². The number of nitrogens with zero attached hydrogens (tertiary/aromatic N) is 1. The number of aliphatic hydroxyl groups excluding tert-OH is 1. The molecule has 1 aromatic rings. The summed E-state index contributed by atoms with van der Waals surface area (Å²) in [6.07, 6.45) is -4.34. The molecule has 0 aliphatic rings. The van der Waals surface area contributed by atoms with Gasteiger partial charge in [0, 0.05) is 0 Å². The van der Waals surface area contributed by atoms with Gasteiger partial charge >= 0.3 is 6.18 Å². The van der Waals surface area contributed by atoms with Crippen LogP contribution in [0.25, 0.3) is 0 Å². The third-order valence-corrected chi connectivity index (χ3v) is 1.57. The second-order valence-corrected chi connectivity index (χ2v) is 2.65. The van der Waals surface area contributed by atoms with E-state index in [-0.39, 0.29) is 18.8 Å². The van der Waals surface area contributed by atoms with Crippen LogP contribution in [0.3, 0.4) is 0 Å². The first kappa shape index (κ1) is 10.8. The zero-order valence-corrected chi connectivity index (χ0v) is 7.25. The fraction of sp³-hybridized carbons (Fsp3) is 0.333. The van der Waals surface area contributed by atoms with E-state index in [0.717, 1.165) is 12.1 Å². The van der Waals surface area contributed by atoms with E-state index in [1.807, 2.05) is 0 Å². The van der Waals surface area contributed by atoms with Gasteiger partial charge in [0.2, 0.25) is 0 Å². The SMILES string of the molecule is OCC[N]c1cccc(C(F)(F)F)c1. The van der Waals surface area contributed by atoms with E-state index in [9.17, 15) is 13.2 Å². The second kappa shape index (κ2) is 4.32. The molecule has 0 aliphatic carbocycles. The number of halogens is 3. The molecule has 0 saturated carbocycles. The van der Waals surface area contributed by atoms with Crippen molar-refractivity contribution in [2.45, 2.75) is 6.18 Å². The number of hydrogen-bond acceptors (Lipinski definition) is 1. The lowest BCUT2D eigenvalue weighted by atomic mass is 10.2. The molecule has 0 saturated heterocycles. The lowest BCUT2D eigenvalue weighted by Crippen LogP contribution is -2.08. The molecule has 0 heterocycles. The van der Waals surface area contributed by atoms with Crippen LogP contribution in [0.1, 0.15) is 5.56 Å². The van der Waals surface area contributed by atoms with Crippen LogP contribution in [0.5, 0.6) is 0 Å². The van der Waals surface area contributed by atoms with E-state index in [1.54, 1.807) is 0 Å². The topological polar surface area (TPSA) is 34.3 Å². The Morgan fingerprint density at radius 2 is 2.00 bits per heavy atom. The molecule has 1 aromatic carbocycles. The van der Waals surface area contributed by atoms with Gasteiger partial charge in [0.05, 0.1) is 24.4 Å². The van der Waals surface area contributed by atoms with Crippen molar-refractivity contribution in [1.82, 2.24) is 5.32 Å². The highest BCUT2D eigenvalue weighted by Gasteiger charge is 2.30. The van der Waals surface area contributed by atoms with E-state index >= 15 is 0 Å². The van der Waals surface area contributed by atoms with Crippen LogP contribution in [0.2, 0.25) is 0 Å². The smallest absolute Gasteiger partial charge is 0.394 e. The quantitative estimate of drug-likeness (QED) is 0.802. The Kier molecular flexibility index (Phi) is 3.35. The van der Waals surface area contributed by atoms with Crippen molar-refractivity contribution in [1.29, 1.82) is 0 Å². The highest BCUT2D eigenvalue weighted by atomic mass is 19.4. The van der Waals surface area contributed by atoms with Gasteiger partial charge in [0.25, 0.3) is 0 Å². The van der Waals surface area contributed by atoms with E-state index in [0.29, 0.717) is 0 Å². The van der Waals surface area contributed by atoms with Gasteiger partial charge in [0.15, 0.2) is 0 Å². The van der Waals surface area contributed by atoms with Gasteiger partial charge < -0.3 is 5.11 Å². The molecule has 1 N–H and O–H groups in total. The molecule has 1 rings (SSSR count). The Hall–Kier alpha value is -1.23. The predicted octanol–water partition coefficient (Wildman–Crippen LogP) is 1.93. The maximum atomic E-state index is 12.2. The van der Waals surface area contributed by atoms with Gasteiger partial charge in [0.1, 0.15) is 0 Å². The van der Waals surface area contributed by atoms with Crippen LogP contribution in [0, 0.1) is 0 Å². The number of alkyl halides is 3. The van der Waals surface area contributed by atoms with E-state index < -0.39 is 11.7 Å². The Labute approximate surface area is 79.4 Å². The summed E-state index contributed by atoms with van der Waals surface area (Å²) in [6.45, 7) is -0.0580. The fourth-order valence-electron chi connectivity index (χ4n) is 0.960. The number of benzene rings is 1. The molecular weight excluding hydrogens is 195 g/mol. The lowest BCUT2D eigenvalue weighted by Gasteiger charge is -2.08. The second-order valence-electron chi connectivity index (χ2n) is 2.65. The average Bonchev–Trinajstić information content (AvgIpc) is 2.14. The Morgan fingerprint density at radius 1 is 1.29 bits per heavy atom. The molecule has 0 atom stereocenters. The summed E-state index contributed by atoms with van der Waals surface area (Å²) >= 11 is 0. The van der Waals surface area contributed by atoms with Gasteiger partial charge in [-0.3, -0.25) is 5.32 Å². The minimum atomic E-state index is -4.34. The maximum Gasteiger partial charge on any atom is 0.416 e. The molecule has 0 aromatic heterocycles. The Morgan fingerprint density at radius 3 is 2.57 bits per heavy atom. The number of aliphatic hydroxyl groups is 1. The van der Waals surface area contributed by atoms with Crippen molar-refractivity contribution >= 4 is 5.69 Å². The molecule has 14 heavy (non-hydrogen) atoms. The molecule has 0 fully saturated rings.